The molecule has 3 aromatic rings. The van der Waals surface area contributed by atoms with Crippen LogP contribution in [0.25, 0.3) is 10.9 Å². The first kappa shape index (κ1) is 16.1. The Kier molecular flexibility index (Phi) is 4.56. The lowest BCUT2D eigenvalue weighted by molar-refractivity contribution is 0.0744. The molecule has 1 amide bonds. The number of pyridine rings is 2. The minimum absolute atomic E-state index is 0.0144. The Balaban J connectivity index is 1.83. The SMILES string of the molecule is Cc1ccnc(CC(C)N(C)C(=O)c2cccc3cccnc23)c1. The predicted molar refractivity (Wildman–Crippen MR) is 96.0 cm³/mol. The number of fused-ring (bicyclic) bond motifs is 1. The zero-order valence-corrected chi connectivity index (χ0v) is 14.2. The van der Waals surface area contributed by atoms with Crippen LogP contribution in [0.1, 0.15) is 28.5 Å². The second-order valence-electron chi connectivity index (χ2n) is 6.17. The zero-order chi connectivity index (χ0) is 17.1. The van der Waals surface area contributed by atoms with Gasteiger partial charge >= 0.3 is 0 Å². The van der Waals surface area contributed by atoms with Gasteiger partial charge < -0.3 is 4.90 Å². The van der Waals surface area contributed by atoms with Crippen LogP contribution in [0.15, 0.2) is 54.9 Å². The van der Waals surface area contributed by atoms with Gasteiger partial charge in [0.15, 0.2) is 0 Å². The molecule has 0 aliphatic carbocycles. The van der Waals surface area contributed by atoms with Gasteiger partial charge in [0.25, 0.3) is 5.91 Å². The van der Waals surface area contributed by atoms with Crippen LogP contribution in [-0.4, -0.2) is 33.9 Å². The Morgan fingerprint density at radius 1 is 1.12 bits per heavy atom. The minimum atomic E-state index is -0.0144. The second-order valence-corrected chi connectivity index (χ2v) is 6.17. The number of carbonyl (C=O) groups excluding carboxylic acids is 1. The average molecular weight is 319 g/mol. The number of rotatable bonds is 4. The summed E-state index contributed by atoms with van der Waals surface area (Å²) in [5.41, 5.74) is 3.56. The molecule has 2 aromatic heterocycles. The summed E-state index contributed by atoms with van der Waals surface area (Å²) in [7, 11) is 1.84. The van der Waals surface area contributed by atoms with Gasteiger partial charge in [0.1, 0.15) is 0 Å². The summed E-state index contributed by atoms with van der Waals surface area (Å²) in [6.45, 7) is 4.09. The molecule has 0 N–H and O–H groups in total. The molecule has 0 radical (unpaired) electrons. The third kappa shape index (κ3) is 3.27. The lowest BCUT2D eigenvalue weighted by atomic mass is 10.1. The number of aryl methyl sites for hydroxylation is 1. The fraction of sp³-hybridized carbons (Fsp3) is 0.250. The molecule has 0 saturated carbocycles. The van der Waals surface area contributed by atoms with Crippen molar-refractivity contribution in [2.75, 3.05) is 7.05 Å². The van der Waals surface area contributed by atoms with E-state index in [1.54, 1.807) is 11.1 Å². The van der Waals surface area contributed by atoms with Gasteiger partial charge in [0, 0.05) is 43.0 Å². The van der Waals surface area contributed by atoms with Gasteiger partial charge in [-0.1, -0.05) is 18.2 Å². The van der Waals surface area contributed by atoms with E-state index in [4.69, 9.17) is 0 Å². The van der Waals surface area contributed by atoms with E-state index in [2.05, 4.69) is 16.0 Å². The molecule has 1 atom stereocenters. The number of para-hydroxylation sites is 1. The molecule has 1 aromatic carbocycles. The van der Waals surface area contributed by atoms with Crippen LogP contribution >= 0.6 is 0 Å². The molecule has 24 heavy (non-hydrogen) atoms. The Morgan fingerprint density at radius 2 is 1.92 bits per heavy atom. The molecule has 0 spiro atoms. The van der Waals surface area contributed by atoms with Gasteiger partial charge in [0.2, 0.25) is 0 Å². The summed E-state index contributed by atoms with van der Waals surface area (Å²) in [4.78, 5) is 23.5. The lowest BCUT2D eigenvalue weighted by Crippen LogP contribution is -2.36. The summed E-state index contributed by atoms with van der Waals surface area (Å²) in [5, 5.41) is 0.977. The molecule has 0 aliphatic rings. The van der Waals surface area contributed by atoms with Gasteiger partial charge in [-0.3, -0.25) is 14.8 Å². The Labute approximate surface area is 142 Å². The van der Waals surface area contributed by atoms with Crippen molar-refractivity contribution in [3.05, 3.63) is 71.7 Å². The van der Waals surface area contributed by atoms with Crippen LogP contribution in [0, 0.1) is 6.92 Å². The third-order valence-electron chi connectivity index (χ3n) is 4.32. The molecule has 0 bridgehead atoms. The van der Waals surface area contributed by atoms with Crippen molar-refractivity contribution in [3.8, 4) is 0 Å². The van der Waals surface area contributed by atoms with E-state index < -0.39 is 0 Å². The van der Waals surface area contributed by atoms with Crippen LogP contribution in [0.2, 0.25) is 0 Å². The van der Waals surface area contributed by atoms with Crippen molar-refractivity contribution in [1.29, 1.82) is 0 Å². The maximum absolute atomic E-state index is 12.9. The number of amides is 1. The Hall–Kier alpha value is -2.75. The van der Waals surface area contributed by atoms with Crippen molar-refractivity contribution >= 4 is 16.8 Å². The number of hydrogen-bond donors (Lipinski definition) is 0. The number of carbonyl (C=O) groups is 1. The summed E-state index contributed by atoms with van der Waals surface area (Å²) in [5.74, 6) is -0.0144. The second kappa shape index (κ2) is 6.79. The third-order valence-corrected chi connectivity index (χ3v) is 4.32. The molecule has 0 aliphatic heterocycles. The van der Waals surface area contributed by atoms with E-state index in [9.17, 15) is 4.79 Å². The van der Waals surface area contributed by atoms with Crippen molar-refractivity contribution in [3.63, 3.8) is 0 Å². The first-order valence-electron chi connectivity index (χ1n) is 8.08. The van der Waals surface area contributed by atoms with Gasteiger partial charge in [-0.2, -0.15) is 0 Å². The topological polar surface area (TPSA) is 46.1 Å². The highest BCUT2D eigenvalue weighted by Gasteiger charge is 2.20. The Morgan fingerprint density at radius 3 is 2.71 bits per heavy atom. The number of nitrogens with zero attached hydrogens (tertiary/aromatic N) is 3. The molecular formula is C20H21N3O. The van der Waals surface area contributed by atoms with E-state index in [1.165, 1.54) is 5.56 Å². The zero-order valence-electron chi connectivity index (χ0n) is 14.2. The molecule has 3 rings (SSSR count). The maximum atomic E-state index is 12.9. The van der Waals surface area contributed by atoms with Crippen molar-refractivity contribution < 1.29 is 4.79 Å². The molecule has 1 unspecified atom stereocenters. The summed E-state index contributed by atoms with van der Waals surface area (Å²) in [6.07, 6.45) is 4.26. The molecule has 4 heteroatoms. The number of likely N-dealkylation sites (N-methyl/N-ethyl adjacent to an activating group) is 1. The van der Waals surface area contributed by atoms with E-state index in [1.807, 2.05) is 63.5 Å². The quantitative estimate of drug-likeness (QED) is 0.737. The lowest BCUT2D eigenvalue weighted by Gasteiger charge is -2.25. The molecule has 4 nitrogen and oxygen atoms in total. The molecule has 122 valence electrons. The van der Waals surface area contributed by atoms with Crippen molar-refractivity contribution in [2.45, 2.75) is 26.3 Å². The first-order chi connectivity index (χ1) is 11.6. The van der Waals surface area contributed by atoms with E-state index in [0.717, 1.165) is 23.0 Å². The number of aromatic nitrogens is 2. The summed E-state index contributed by atoms with van der Waals surface area (Å²) >= 11 is 0. The number of hydrogen-bond acceptors (Lipinski definition) is 3. The molecule has 2 heterocycles. The fourth-order valence-electron chi connectivity index (χ4n) is 2.82. The van der Waals surface area contributed by atoms with Crippen molar-refractivity contribution in [1.82, 2.24) is 14.9 Å². The van der Waals surface area contributed by atoms with Crippen LogP contribution in [0.3, 0.4) is 0 Å². The first-order valence-corrected chi connectivity index (χ1v) is 8.08. The predicted octanol–water partition coefficient (Wildman–Crippen LogP) is 3.64. The van der Waals surface area contributed by atoms with Crippen LogP contribution < -0.4 is 0 Å². The highest BCUT2D eigenvalue weighted by molar-refractivity contribution is 6.05. The van der Waals surface area contributed by atoms with Gasteiger partial charge in [0.05, 0.1) is 11.1 Å². The average Bonchev–Trinajstić information content (AvgIpc) is 2.60. The highest BCUT2D eigenvalue weighted by Crippen LogP contribution is 2.19. The van der Waals surface area contributed by atoms with Gasteiger partial charge in [-0.25, -0.2) is 0 Å². The summed E-state index contributed by atoms with van der Waals surface area (Å²) in [6, 6.07) is 13.7. The number of benzene rings is 1. The molecule has 0 saturated heterocycles. The summed E-state index contributed by atoms with van der Waals surface area (Å²) < 4.78 is 0. The van der Waals surface area contributed by atoms with Crippen LogP contribution in [0.4, 0.5) is 0 Å². The molecule has 0 fully saturated rings. The van der Waals surface area contributed by atoms with E-state index >= 15 is 0 Å². The van der Waals surface area contributed by atoms with Gasteiger partial charge in [-0.05, 0) is 43.7 Å². The normalized spacial score (nSPS) is 12.1. The minimum Gasteiger partial charge on any atom is -0.339 e. The van der Waals surface area contributed by atoms with Crippen LogP contribution in [-0.2, 0) is 6.42 Å². The largest absolute Gasteiger partial charge is 0.339 e. The van der Waals surface area contributed by atoms with Crippen LogP contribution in [0.5, 0.6) is 0 Å². The monoisotopic (exact) mass is 319 g/mol. The smallest absolute Gasteiger partial charge is 0.256 e. The van der Waals surface area contributed by atoms with Crippen molar-refractivity contribution in [2.24, 2.45) is 0 Å². The van der Waals surface area contributed by atoms with Gasteiger partial charge in [-0.15, -0.1) is 0 Å². The highest BCUT2D eigenvalue weighted by atomic mass is 16.2. The van der Waals surface area contributed by atoms with E-state index in [-0.39, 0.29) is 11.9 Å². The standard InChI is InChI=1S/C20H21N3O/c1-14-9-11-21-17(12-14)13-15(2)23(3)20(24)18-8-4-6-16-7-5-10-22-19(16)18/h4-12,15H,13H2,1-3H3. The molecular weight excluding hydrogens is 298 g/mol. The fourth-order valence-corrected chi connectivity index (χ4v) is 2.82. The maximum Gasteiger partial charge on any atom is 0.256 e. The van der Waals surface area contributed by atoms with E-state index in [0.29, 0.717) is 5.56 Å². The Bertz CT molecular complexity index is 870.